The second-order valence-corrected chi connectivity index (χ2v) is 7.19. The van der Waals surface area contributed by atoms with Gasteiger partial charge < -0.3 is 5.32 Å². The Morgan fingerprint density at radius 1 is 0.931 bits per heavy atom. The topological polar surface area (TPSA) is 72.7 Å². The number of benzene rings is 3. The molecule has 0 radical (unpaired) electrons. The number of nitrogens with one attached hydrogen (secondary N) is 1. The van der Waals surface area contributed by atoms with Crippen molar-refractivity contribution in [3.63, 3.8) is 0 Å². The Labute approximate surface area is 170 Å². The predicted molar refractivity (Wildman–Crippen MR) is 109 cm³/mol. The van der Waals surface area contributed by atoms with Gasteiger partial charge in [-0.1, -0.05) is 60.3 Å². The average molecular weight is 405 g/mol. The molecule has 1 aromatic heterocycles. The summed E-state index contributed by atoms with van der Waals surface area (Å²) in [6, 6.07) is 24.5. The van der Waals surface area contributed by atoms with Crippen LogP contribution in [0, 0.1) is 5.82 Å². The third-order valence-electron chi connectivity index (χ3n) is 4.12. The summed E-state index contributed by atoms with van der Waals surface area (Å²) >= 11 is 1.24. The van der Waals surface area contributed by atoms with Crippen LogP contribution in [0.15, 0.2) is 90.1 Å². The zero-order valence-corrected chi connectivity index (χ0v) is 16.0. The third kappa shape index (κ3) is 4.49. The van der Waals surface area contributed by atoms with E-state index in [4.69, 9.17) is 0 Å². The van der Waals surface area contributed by atoms with Gasteiger partial charge in [0.25, 0.3) is 0 Å². The van der Waals surface area contributed by atoms with Gasteiger partial charge in [0.1, 0.15) is 11.1 Å². The van der Waals surface area contributed by atoms with Crippen molar-refractivity contribution in [2.24, 2.45) is 0 Å². The second-order valence-electron chi connectivity index (χ2n) is 6.11. The van der Waals surface area contributed by atoms with Crippen molar-refractivity contribution in [2.45, 2.75) is 10.4 Å². The molecule has 8 heteroatoms. The molecular weight excluding hydrogens is 389 g/mol. The number of rotatable bonds is 6. The van der Waals surface area contributed by atoms with Crippen LogP contribution < -0.4 is 5.32 Å². The maximum atomic E-state index is 13.2. The normalized spacial score (nSPS) is 11.8. The van der Waals surface area contributed by atoms with E-state index >= 15 is 0 Å². The molecule has 1 N–H and O–H groups in total. The number of tetrazole rings is 1. The van der Waals surface area contributed by atoms with E-state index in [1.807, 2.05) is 60.7 Å². The molecule has 4 rings (SSSR count). The van der Waals surface area contributed by atoms with Crippen molar-refractivity contribution in [1.29, 1.82) is 0 Å². The highest BCUT2D eigenvalue weighted by molar-refractivity contribution is 8.00. The molecule has 1 amide bonds. The first-order valence-corrected chi connectivity index (χ1v) is 9.70. The van der Waals surface area contributed by atoms with Crippen LogP contribution in [0.2, 0.25) is 0 Å². The van der Waals surface area contributed by atoms with Crippen LogP contribution in [-0.2, 0) is 4.79 Å². The molecule has 4 aromatic rings. The molecule has 144 valence electrons. The standard InChI is InChI=1S/C21H16FN5OS/c22-16-11-13-17(14-12-16)23-20(28)19(15-7-3-1-4-8-15)29-21-24-25-26-27(21)18-9-5-2-6-10-18/h1-14,19H,(H,23,28). The Kier molecular flexibility index (Phi) is 5.62. The fourth-order valence-corrected chi connectivity index (χ4v) is 3.73. The highest BCUT2D eigenvalue weighted by atomic mass is 32.2. The van der Waals surface area contributed by atoms with Crippen molar-refractivity contribution < 1.29 is 9.18 Å². The molecule has 1 heterocycles. The Bertz CT molecular complexity index is 1090. The summed E-state index contributed by atoms with van der Waals surface area (Å²) in [5.41, 5.74) is 2.12. The number of halogens is 1. The Balaban J connectivity index is 1.63. The summed E-state index contributed by atoms with van der Waals surface area (Å²) in [5.74, 6) is -0.616. The largest absolute Gasteiger partial charge is 0.325 e. The number of thioether (sulfide) groups is 1. The maximum Gasteiger partial charge on any atom is 0.242 e. The van der Waals surface area contributed by atoms with Crippen LogP contribution in [0.4, 0.5) is 10.1 Å². The van der Waals surface area contributed by atoms with Gasteiger partial charge in [0.05, 0.1) is 5.69 Å². The zero-order valence-electron chi connectivity index (χ0n) is 15.1. The van der Waals surface area contributed by atoms with Crippen LogP contribution in [0.25, 0.3) is 5.69 Å². The molecule has 6 nitrogen and oxygen atoms in total. The van der Waals surface area contributed by atoms with Crippen molar-refractivity contribution >= 4 is 23.4 Å². The molecule has 1 atom stereocenters. The van der Waals surface area contributed by atoms with Gasteiger partial charge in [0.2, 0.25) is 11.1 Å². The number of anilines is 1. The summed E-state index contributed by atoms with van der Waals surface area (Å²) in [4.78, 5) is 13.1. The molecule has 0 spiro atoms. The maximum absolute atomic E-state index is 13.2. The summed E-state index contributed by atoms with van der Waals surface area (Å²) in [5, 5.41) is 14.6. The van der Waals surface area contributed by atoms with Gasteiger partial charge >= 0.3 is 0 Å². The summed E-state index contributed by atoms with van der Waals surface area (Å²) < 4.78 is 14.8. The van der Waals surface area contributed by atoms with E-state index in [0.717, 1.165) is 11.3 Å². The van der Waals surface area contributed by atoms with E-state index in [-0.39, 0.29) is 11.7 Å². The fourth-order valence-electron chi connectivity index (χ4n) is 2.73. The zero-order chi connectivity index (χ0) is 20.1. The van der Waals surface area contributed by atoms with Crippen LogP contribution in [-0.4, -0.2) is 26.1 Å². The molecule has 0 aliphatic rings. The van der Waals surface area contributed by atoms with E-state index in [9.17, 15) is 9.18 Å². The van der Waals surface area contributed by atoms with Crippen LogP contribution >= 0.6 is 11.8 Å². The fraction of sp³-hybridized carbons (Fsp3) is 0.0476. The van der Waals surface area contributed by atoms with Crippen molar-refractivity contribution in [1.82, 2.24) is 20.2 Å². The van der Waals surface area contributed by atoms with Crippen LogP contribution in [0.5, 0.6) is 0 Å². The number of carbonyl (C=O) groups is 1. The molecule has 0 saturated heterocycles. The average Bonchev–Trinajstić information content (AvgIpc) is 3.23. The van der Waals surface area contributed by atoms with Gasteiger partial charge in [-0.15, -0.1) is 5.10 Å². The Morgan fingerprint density at radius 2 is 1.59 bits per heavy atom. The number of aromatic nitrogens is 4. The number of hydrogen-bond donors (Lipinski definition) is 1. The number of hydrogen-bond acceptors (Lipinski definition) is 5. The Hall–Kier alpha value is -3.52. The first-order chi connectivity index (χ1) is 14.2. The quantitative estimate of drug-likeness (QED) is 0.485. The van der Waals surface area contributed by atoms with Gasteiger partial charge in [0, 0.05) is 5.69 Å². The molecule has 0 bridgehead atoms. The number of para-hydroxylation sites is 1. The summed E-state index contributed by atoms with van der Waals surface area (Å²) in [6.45, 7) is 0. The van der Waals surface area contributed by atoms with Gasteiger partial charge in [0.15, 0.2) is 0 Å². The van der Waals surface area contributed by atoms with E-state index in [1.165, 1.54) is 36.0 Å². The molecule has 29 heavy (non-hydrogen) atoms. The van der Waals surface area contributed by atoms with Gasteiger partial charge in [-0.05, 0) is 52.4 Å². The van der Waals surface area contributed by atoms with Crippen molar-refractivity contribution in [2.75, 3.05) is 5.32 Å². The van der Waals surface area contributed by atoms with Crippen molar-refractivity contribution in [3.05, 3.63) is 96.3 Å². The van der Waals surface area contributed by atoms with E-state index in [0.29, 0.717) is 10.8 Å². The number of amides is 1. The third-order valence-corrected chi connectivity index (χ3v) is 5.30. The van der Waals surface area contributed by atoms with Crippen LogP contribution in [0.3, 0.4) is 0 Å². The van der Waals surface area contributed by atoms with Crippen molar-refractivity contribution in [3.8, 4) is 5.69 Å². The van der Waals surface area contributed by atoms with Gasteiger partial charge in [-0.2, -0.15) is 4.68 Å². The number of carbonyl (C=O) groups excluding carboxylic acids is 1. The minimum atomic E-state index is -0.602. The van der Waals surface area contributed by atoms with E-state index in [1.54, 1.807) is 4.68 Å². The lowest BCUT2D eigenvalue weighted by molar-refractivity contribution is -0.115. The number of nitrogens with zero attached hydrogens (tertiary/aromatic N) is 4. The predicted octanol–water partition coefficient (Wildman–Crippen LogP) is 4.27. The van der Waals surface area contributed by atoms with E-state index < -0.39 is 5.25 Å². The highest BCUT2D eigenvalue weighted by Crippen LogP contribution is 2.35. The smallest absolute Gasteiger partial charge is 0.242 e. The molecule has 1 unspecified atom stereocenters. The van der Waals surface area contributed by atoms with Crippen LogP contribution in [0.1, 0.15) is 10.8 Å². The van der Waals surface area contributed by atoms with Gasteiger partial charge in [-0.25, -0.2) is 4.39 Å². The van der Waals surface area contributed by atoms with Gasteiger partial charge in [-0.3, -0.25) is 4.79 Å². The lowest BCUT2D eigenvalue weighted by Gasteiger charge is -2.16. The molecule has 0 aliphatic heterocycles. The first-order valence-electron chi connectivity index (χ1n) is 8.82. The first kappa shape index (κ1) is 18.8. The highest BCUT2D eigenvalue weighted by Gasteiger charge is 2.25. The monoisotopic (exact) mass is 405 g/mol. The summed E-state index contributed by atoms with van der Waals surface area (Å²) in [6.07, 6.45) is 0. The molecule has 3 aromatic carbocycles. The molecule has 0 aliphatic carbocycles. The molecule has 0 fully saturated rings. The van der Waals surface area contributed by atoms with E-state index in [2.05, 4.69) is 20.8 Å². The molecular formula is C21H16FN5OS. The SMILES string of the molecule is O=C(Nc1ccc(F)cc1)C(Sc1nnnn1-c1ccccc1)c1ccccc1. The molecule has 0 saturated carbocycles. The minimum absolute atomic E-state index is 0.254. The summed E-state index contributed by atoms with van der Waals surface area (Å²) in [7, 11) is 0. The second kappa shape index (κ2) is 8.66. The Morgan fingerprint density at radius 3 is 2.28 bits per heavy atom. The minimum Gasteiger partial charge on any atom is -0.325 e. The lowest BCUT2D eigenvalue weighted by Crippen LogP contribution is -2.19. The lowest BCUT2D eigenvalue weighted by atomic mass is 10.1.